The van der Waals surface area contributed by atoms with Crippen LogP contribution in [0.4, 0.5) is 10.1 Å². The maximum absolute atomic E-state index is 14.2. The van der Waals surface area contributed by atoms with E-state index in [0.717, 1.165) is 16.6 Å². The number of carbonyl (C=O) groups excluding carboxylic acids is 2. The summed E-state index contributed by atoms with van der Waals surface area (Å²) >= 11 is 0. The Bertz CT molecular complexity index is 1050. The largest absolute Gasteiger partial charge is 0.348 e. The molecule has 0 aliphatic carbocycles. The van der Waals surface area contributed by atoms with Crippen molar-refractivity contribution in [2.24, 2.45) is 12.5 Å². The van der Waals surface area contributed by atoms with E-state index in [1.165, 1.54) is 18.2 Å². The molecule has 2 N–H and O–H groups in total. The van der Waals surface area contributed by atoms with Gasteiger partial charge in [0.15, 0.2) is 0 Å². The fourth-order valence-corrected chi connectivity index (χ4v) is 2.80. The summed E-state index contributed by atoms with van der Waals surface area (Å²) in [4.78, 5) is 29.0. The van der Waals surface area contributed by atoms with Gasteiger partial charge in [0.2, 0.25) is 5.91 Å². The number of anilines is 1. The van der Waals surface area contributed by atoms with Gasteiger partial charge in [0.1, 0.15) is 5.82 Å². The molecule has 2 aromatic carbocycles. The predicted molar refractivity (Wildman–Crippen MR) is 106 cm³/mol. The number of halogens is 1. The van der Waals surface area contributed by atoms with Crippen LogP contribution in [0.3, 0.4) is 0 Å². The number of fused-ring (bicyclic) bond motifs is 1. The van der Waals surface area contributed by atoms with E-state index < -0.39 is 17.1 Å². The van der Waals surface area contributed by atoms with E-state index in [2.05, 4.69) is 15.6 Å². The number of para-hydroxylation sites is 1. The lowest BCUT2D eigenvalue weighted by Gasteiger charge is -2.18. The predicted octanol–water partition coefficient (Wildman–Crippen LogP) is 3.63. The number of imidazole rings is 1. The second-order valence-corrected chi connectivity index (χ2v) is 7.72. The molecule has 0 atom stereocenters. The van der Waals surface area contributed by atoms with Crippen LogP contribution in [0.2, 0.25) is 0 Å². The number of hydrogen-bond acceptors (Lipinski definition) is 3. The van der Waals surface area contributed by atoms with Gasteiger partial charge in [-0.2, -0.15) is 0 Å². The summed E-state index contributed by atoms with van der Waals surface area (Å²) in [7, 11) is 1.88. The van der Waals surface area contributed by atoms with Crippen molar-refractivity contribution in [2.45, 2.75) is 27.3 Å². The summed E-state index contributed by atoms with van der Waals surface area (Å²) in [6, 6.07) is 9.60. The number of rotatable bonds is 4. The second-order valence-electron chi connectivity index (χ2n) is 7.72. The quantitative estimate of drug-likeness (QED) is 0.724. The third kappa shape index (κ3) is 4.03. The zero-order valence-electron chi connectivity index (χ0n) is 16.3. The van der Waals surface area contributed by atoms with Gasteiger partial charge in [0.05, 0.1) is 22.9 Å². The van der Waals surface area contributed by atoms with Gasteiger partial charge >= 0.3 is 0 Å². The zero-order valence-corrected chi connectivity index (χ0v) is 16.3. The van der Waals surface area contributed by atoms with E-state index >= 15 is 0 Å². The highest BCUT2D eigenvalue weighted by Gasteiger charge is 2.22. The molecule has 1 aromatic heterocycles. The van der Waals surface area contributed by atoms with E-state index in [-0.39, 0.29) is 18.0 Å². The number of carbonyl (C=O) groups is 2. The van der Waals surface area contributed by atoms with Gasteiger partial charge in [-0.25, -0.2) is 9.37 Å². The highest BCUT2D eigenvalue weighted by Crippen LogP contribution is 2.20. The monoisotopic (exact) mass is 382 g/mol. The van der Waals surface area contributed by atoms with E-state index in [4.69, 9.17) is 0 Å². The Hall–Kier alpha value is -3.22. The van der Waals surface area contributed by atoms with Crippen LogP contribution in [0.1, 0.15) is 36.7 Å². The van der Waals surface area contributed by atoms with Crippen LogP contribution in [0.15, 0.2) is 42.7 Å². The van der Waals surface area contributed by atoms with Crippen LogP contribution < -0.4 is 10.6 Å². The fraction of sp³-hybridized carbons (Fsp3) is 0.286. The molecule has 7 heteroatoms. The number of nitrogens with one attached hydrogen (secondary N) is 2. The summed E-state index contributed by atoms with van der Waals surface area (Å²) in [5, 5.41) is 5.45. The molecule has 0 bridgehead atoms. The first-order chi connectivity index (χ1) is 13.2. The molecular weight excluding hydrogens is 359 g/mol. The lowest BCUT2D eigenvalue weighted by atomic mass is 9.95. The van der Waals surface area contributed by atoms with Crippen LogP contribution in [0.5, 0.6) is 0 Å². The van der Waals surface area contributed by atoms with E-state index in [0.29, 0.717) is 5.69 Å². The van der Waals surface area contributed by atoms with Crippen LogP contribution >= 0.6 is 0 Å². The minimum absolute atomic E-state index is 0.121. The normalized spacial score (nSPS) is 11.5. The van der Waals surface area contributed by atoms with Gasteiger partial charge in [-0.15, -0.1) is 0 Å². The highest BCUT2D eigenvalue weighted by atomic mass is 19.1. The Morgan fingerprint density at radius 3 is 2.64 bits per heavy atom. The van der Waals surface area contributed by atoms with Gasteiger partial charge in [0, 0.05) is 24.7 Å². The minimum Gasteiger partial charge on any atom is -0.348 e. The second kappa shape index (κ2) is 7.42. The molecule has 0 fully saturated rings. The Morgan fingerprint density at radius 1 is 1.18 bits per heavy atom. The van der Waals surface area contributed by atoms with Crippen molar-refractivity contribution in [2.75, 3.05) is 5.32 Å². The van der Waals surface area contributed by atoms with Gasteiger partial charge in [0.25, 0.3) is 5.91 Å². The fourth-order valence-electron chi connectivity index (χ4n) is 2.80. The first-order valence-corrected chi connectivity index (χ1v) is 8.95. The summed E-state index contributed by atoms with van der Waals surface area (Å²) in [6.45, 7) is 5.56. The van der Waals surface area contributed by atoms with Crippen molar-refractivity contribution in [3.63, 3.8) is 0 Å². The lowest BCUT2D eigenvalue weighted by molar-refractivity contribution is -0.123. The third-order valence-electron chi connectivity index (χ3n) is 4.41. The van der Waals surface area contributed by atoms with Crippen molar-refractivity contribution in [1.29, 1.82) is 0 Å². The van der Waals surface area contributed by atoms with Crippen LogP contribution in [-0.4, -0.2) is 21.4 Å². The highest BCUT2D eigenvalue weighted by molar-refractivity contribution is 5.98. The minimum atomic E-state index is -0.648. The molecule has 0 saturated carbocycles. The molecule has 0 saturated heterocycles. The Labute approximate surface area is 162 Å². The third-order valence-corrected chi connectivity index (χ3v) is 4.41. The summed E-state index contributed by atoms with van der Waals surface area (Å²) in [6.07, 6.45) is 1.71. The molecule has 0 aliphatic rings. The lowest BCUT2D eigenvalue weighted by Crippen LogP contribution is -2.28. The van der Waals surface area contributed by atoms with Crippen molar-refractivity contribution in [3.05, 3.63) is 59.7 Å². The van der Waals surface area contributed by atoms with E-state index in [1.807, 2.05) is 29.8 Å². The number of aromatic nitrogens is 2. The molecule has 3 rings (SSSR count). The smallest absolute Gasteiger partial charge is 0.254 e. The number of hydrogen-bond donors (Lipinski definition) is 2. The summed E-state index contributed by atoms with van der Waals surface area (Å²) in [5.74, 6) is -1.41. The topological polar surface area (TPSA) is 76.0 Å². The van der Waals surface area contributed by atoms with Crippen molar-refractivity contribution in [3.8, 4) is 0 Å². The molecule has 28 heavy (non-hydrogen) atoms. The van der Waals surface area contributed by atoms with Gasteiger partial charge in [-0.3, -0.25) is 9.59 Å². The first kappa shape index (κ1) is 19.5. The average molecular weight is 382 g/mol. The van der Waals surface area contributed by atoms with Crippen LogP contribution in [0.25, 0.3) is 11.0 Å². The van der Waals surface area contributed by atoms with Gasteiger partial charge in [-0.05, 0) is 29.8 Å². The molecule has 0 radical (unpaired) electrons. The molecule has 3 aromatic rings. The molecule has 0 aliphatic heterocycles. The van der Waals surface area contributed by atoms with E-state index in [1.54, 1.807) is 27.1 Å². The zero-order chi connectivity index (χ0) is 20.5. The number of aryl methyl sites for hydroxylation is 1. The summed E-state index contributed by atoms with van der Waals surface area (Å²) < 4.78 is 16.1. The Balaban J connectivity index is 1.78. The Morgan fingerprint density at radius 2 is 1.93 bits per heavy atom. The van der Waals surface area contributed by atoms with Crippen molar-refractivity contribution < 1.29 is 14.0 Å². The number of benzene rings is 2. The van der Waals surface area contributed by atoms with Gasteiger partial charge in [-0.1, -0.05) is 32.9 Å². The average Bonchev–Trinajstić information content (AvgIpc) is 3.02. The van der Waals surface area contributed by atoms with Crippen molar-refractivity contribution >= 4 is 28.5 Å². The molecule has 146 valence electrons. The van der Waals surface area contributed by atoms with Crippen LogP contribution in [-0.2, 0) is 18.4 Å². The molecule has 0 unspecified atom stereocenters. The number of amides is 2. The first-order valence-electron chi connectivity index (χ1n) is 8.95. The van der Waals surface area contributed by atoms with Crippen LogP contribution in [0, 0.1) is 11.2 Å². The SMILES string of the molecule is Cn1cnc2cccc(CNC(=O)c3cc(NC(=O)C(C)(C)C)ccc3F)c21. The maximum Gasteiger partial charge on any atom is 0.254 e. The van der Waals surface area contributed by atoms with E-state index in [9.17, 15) is 14.0 Å². The van der Waals surface area contributed by atoms with Gasteiger partial charge < -0.3 is 15.2 Å². The molecule has 6 nitrogen and oxygen atoms in total. The Kier molecular flexibility index (Phi) is 5.18. The maximum atomic E-state index is 14.2. The number of nitrogens with zero attached hydrogens (tertiary/aromatic N) is 2. The molecular formula is C21H23FN4O2. The molecule has 1 heterocycles. The standard InChI is InChI=1S/C21H23FN4O2/c1-21(2,3)20(28)25-14-8-9-16(22)15(10-14)19(27)23-11-13-6-5-7-17-18(13)26(4)12-24-17/h5-10,12H,11H2,1-4H3,(H,23,27)(H,25,28). The molecule has 0 spiro atoms. The van der Waals surface area contributed by atoms with Crippen molar-refractivity contribution in [1.82, 2.24) is 14.9 Å². The summed E-state index contributed by atoms with van der Waals surface area (Å²) in [5.41, 5.74) is 2.27. The molecule has 2 amide bonds.